The fraction of sp³-hybridized carbons (Fsp3) is 0.595. The lowest BCUT2D eigenvalue weighted by Gasteiger charge is -2.44. The van der Waals surface area contributed by atoms with Gasteiger partial charge in [-0.25, -0.2) is 15.0 Å². The average Bonchev–Trinajstić information content (AvgIpc) is 3.69. The fourth-order valence-electron chi connectivity index (χ4n) is 6.41. The molecule has 13 heteroatoms. The van der Waals surface area contributed by atoms with E-state index in [0.29, 0.717) is 55.5 Å². The van der Waals surface area contributed by atoms with E-state index < -0.39 is 29.0 Å². The standard InChI is InChI=1S/C42H66N6O5Si2/c1-41(2,3)54(9,10)52-36-33(28-50-8)51-40(37(36)53-55(11,12)42(4,5)6)48-29-45-35-38(46-34(47-39(35)48)23-24-43-25-26-49-7)44-27-32(30-19-15-13-16-20-30)31-21-17-14-18-22-31/h13-22,29,32-33,36-37,40,43H,23-28H2,1-12H3,(H,44,46,47)/t33-,36-,37-,40-/m1/s1. The van der Waals surface area contributed by atoms with Crippen molar-refractivity contribution < 1.29 is 23.1 Å². The van der Waals surface area contributed by atoms with Gasteiger partial charge >= 0.3 is 0 Å². The Labute approximate surface area is 331 Å². The molecule has 302 valence electrons. The minimum atomic E-state index is -2.33. The summed E-state index contributed by atoms with van der Waals surface area (Å²) in [5.41, 5.74) is 3.82. The predicted octanol–water partition coefficient (Wildman–Crippen LogP) is 8.17. The van der Waals surface area contributed by atoms with Crippen LogP contribution in [-0.2, 0) is 29.5 Å². The lowest BCUT2D eigenvalue weighted by molar-refractivity contribution is -0.0562. The first-order chi connectivity index (χ1) is 26.0. The summed E-state index contributed by atoms with van der Waals surface area (Å²) in [5.74, 6) is 1.49. The van der Waals surface area contributed by atoms with Crippen LogP contribution in [0.5, 0.6) is 0 Å². The van der Waals surface area contributed by atoms with Gasteiger partial charge < -0.3 is 33.7 Å². The Morgan fingerprint density at radius 1 is 0.782 bits per heavy atom. The molecule has 0 spiro atoms. The van der Waals surface area contributed by atoms with Gasteiger partial charge in [0.15, 0.2) is 39.8 Å². The van der Waals surface area contributed by atoms with Crippen LogP contribution in [-0.4, -0.2) is 102 Å². The first-order valence-electron chi connectivity index (χ1n) is 19.7. The number of aromatic nitrogens is 4. The Balaban J connectivity index is 1.59. The van der Waals surface area contributed by atoms with Crippen molar-refractivity contribution in [3.8, 4) is 0 Å². The Morgan fingerprint density at radius 2 is 1.36 bits per heavy atom. The van der Waals surface area contributed by atoms with Gasteiger partial charge in [0.1, 0.15) is 24.1 Å². The van der Waals surface area contributed by atoms with Crippen LogP contribution < -0.4 is 10.6 Å². The molecule has 11 nitrogen and oxygen atoms in total. The van der Waals surface area contributed by atoms with Crippen molar-refractivity contribution >= 4 is 33.6 Å². The second-order valence-electron chi connectivity index (χ2n) is 17.8. The zero-order valence-corrected chi connectivity index (χ0v) is 37.3. The van der Waals surface area contributed by atoms with Crippen LogP contribution in [0.4, 0.5) is 5.82 Å². The van der Waals surface area contributed by atoms with Gasteiger partial charge in [0.2, 0.25) is 0 Å². The summed E-state index contributed by atoms with van der Waals surface area (Å²) in [6.07, 6.45) is 0.794. The number of rotatable bonds is 18. The summed E-state index contributed by atoms with van der Waals surface area (Å²) in [7, 11) is -1.17. The quantitative estimate of drug-likeness (QED) is 0.0756. The number of methoxy groups -OCH3 is 2. The van der Waals surface area contributed by atoms with E-state index in [-0.39, 0.29) is 28.2 Å². The summed E-state index contributed by atoms with van der Waals surface area (Å²) in [6, 6.07) is 21.2. The van der Waals surface area contributed by atoms with E-state index in [0.717, 1.165) is 6.54 Å². The molecule has 1 aliphatic rings. The van der Waals surface area contributed by atoms with Gasteiger partial charge in [-0.15, -0.1) is 0 Å². The summed E-state index contributed by atoms with van der Waals surface area (Å²) >= 11 is 0. The zero-order chi connectivity index (χ0) is 40.0. The van der Waals surface area contributed by atoms with Crippen LogP contribution >= 0.6 is 0 Å². The van der Waals surface area contributed by atoms with Crippen molar-refractivity contribution in [3.05, 3.63) is 83.9 Å². The van der Waals surface area contributed by atoms with E-state index >= 15 is 0 Å². The Morgan fingerprint density at radius 3 is 1.91 bits per heavy atom. The van der Waals surface area contributed by atoms with E-state index in [4.69, 9.17) is 38.0 Å². The molecule has 1 fully saturated rings. The highest BCUT2D eigenvalue weighted by molar-refractivity contribution is 6.74. The maximum Gasteiger partial charge on any atom is 0.192 e. The molecule has 4 atom stereocenters. The van der Waals surface area contributed by atoms with Crippen LogP contribution in [0.2, 0.25) is 36.3 Å². The zero-order valence-electron chi connectivity index (χ0n) is 35.3. The second-order valence-corrected chi connectivity index (χ2v) is 27.3. The summed E-state index contributed by atoms with van der Waals surface area (Å²) in [6.45, 7) is 25.8. The largest absolute Gasteiger partial charge is 0.408 e. The topological polar surface area (TPSA) is 114 Å². The molecule has 1 aliphatic heterocycles. The number of hydrogen-bond donors (Lipinski definition) is 2. The second kappa shape index (κ2) is 18.1. The van der Waals surface area contributed by atoms with Crippen LogP contribution in [0, 0.1) is 0 Å². The molecule has 2 aromatic heterocycles. The lowest BCUT2D eigenvalue weighted by atomic mass is 9.91. The Kier molecular flexibility index (Phi) is 14.2. The highest BCUT2D eigenvalue weighted by Crippen LogP contribution is 2.46. The van der Waals surface area contributed by atoms with Crippen molar-refractivity contribution in [2.75, 3.05) is 52.4 Å². The summed E-state index contributed by atoms with van der Waals surface area (Å²) in [5, 5.41) is 7.13. The van der Waals surface area contributed by atoms with Crippen LogP contribution in [0.25, 0.3) is 11.2 Å². The number of nitrogens with zero attached hydrogens (tertiary/aromatic N) is 4. The normalized spacial score (nSPS) is 19.8. The molecular weight excluding hydrogens is 725 g/mol. The predicted molar refractivity (Wildman–Crippen MR) is 227 cm³/mol. The van der Waals surface area contributed by atoms with Gasteiger partial charge in [0.25, 0.3) is 0 Å². The molecule has 0 aliphatic carbocycles. The molecule has 0 unspecified atom stereocenters. The average molecular weight is 791 g/mol. The molecule has 55 heavy (non-hydrogen) atoms. The summed E-state index contributed by atoms with van der Waals surface area (Å²) in [4.78, 5) is 15.3. The number of imidazole rings is 1. The SMILES string of the molecule is COCCNCCc1nc(NCC(c2ccccc2)c2ccccc2)c2ncn([C@@H]3O[C@H](COC)[C@@H](O[Si](C)(C)C(C)(C)C)[C@H]3O[Si](C)(C)C(C)(C)C)c2n1. The third kappa shape index (κ3) is 10.3. The molecule has 2 aromatic carbocycles. The van der Waals surface area contributed by atoms with Crippen LogP contribution in [0.3, 0.4) is 0 Å². The van der Waals surface area contributed by atoms with Crippen LogP contribution in [0.1, 0.15) is 70.6 Å². The van der Waals surface area contributed by atoms with Crippen molar-refractivity contribution in [1.82, 2.24) is 24.8 Å². The molecule has 0 radical (unpaired) electrons. The molecular formula is C42H66N6O5Si2. The van der Waals surface area contributed by atoms with Gasteiger partial charge in [-0.2, -0.15) is 0 Å². The van der Waals surface area contributed by atoms with E-state index in [9.17, 15) is 0 Å². The molecule has 0 bridgehead atoms. The minimum Gasteiger partial charge on any atom is -0.408 e. The third-order valence-electron chi connectivity index (χ3n) is 11.7. The van der Waals surface area contributed by atoms with Crippen molar-refractivity contribution in [1.29, 1.82) is 0 Å². The first kappa shape index (κ1) is 43.1. The molecule has 5 rings (SSSR count). The lowest BCUT2D eigenvalue weighted by Crippen LogP contribution is -2.54. The number of hydrogen-bond acceptors (Lipinski definition) is 10. The number of nitrogens with one attached hydrogen (secondary N) is 2. The van der Waals surface area contributed by atoms with E-state index in [1.165, 1.54) is 11.1 Å². The first-order valence-corrected chi connectivity index (χ1v) is 25.6. The number of anilines is 1. The molecule has 1 saturated heterocycles. The monoisotopic (exact) mass is 790 g/mol. The van der Waals surface area contributed by atoms with E-state index in [1.807, 2.05) is 10.9 Å². The van der Waals surface area contributed by atoms with Gasteiger partial charge in [0.05, 0.1) is 19.5 Å². The number of fused-ring (bicyclic) bond motifs is 1. The van der Waals surface area contributed by atoms with Crippen molar-refractivity contribution in [2.24, 2.45) is 0 Å². The molecule has 2 N–H and O–H groups in total. The molecule has 4 aromatic rings. The highest BCUT2D eigenvalue weighted by atomic mass is 28.4. The highest BCUT2D eigenvalue weighted by Gasteiger charge is 2.54. The van der Waals surface area contributed by atoms with Crippen molar-refractivity contribution in [3.63, 3.8) is 0 Å². The molecule has 3 heterocycles. The van der Waals surface area contributed by atoms with Gasteiger partial charge in [0, 0.05) is 46.2 Å². The maximum atomic E-state index is 7.36. The Bertz CT molecular complexity index is 1760. The van der Waals surface area contributed by atoms with Crippen molar-refractivity contribution in [2.45, 2.75) is 115 Å². The smallest absolute Gasteiger partial charge is 0.192 e. The van der Waals surface area contributed by atoms with Gasteiger partial charge in [-0.1, -0.05) is 102 Å². The number of benzene rings is 2. The maximum absolute atomic E-state index is 7.36. The minimum absolute atomic E-state index is 0.0106. The van der Waals surface area contributed by atoms with E-state index in [1.54, 1.807) is 14.2 Å². The van der Waals surface area contributed by atoms with Crippen LogP contribution in [0.15, 0.2) is 67.0 Å². The third-order valence-corrected chi connectivity index (χ3v) is 20.7. The van der Waals surface area contributed by atoms with Gasteiger partial charge in [-0.3, -0.25) is 4.57 Å². The number of ether oxygens (including phenoxy) is 3. The van der Waals surface area contributed by atoms with E-state index in [2.05, 4.69) is 139 Å². The molecule has 0 saturated carbocycles. The fourth-order valence-corrected chi connectivity index (χ4v) is 9.02. The molecule has 0 amide bonds. The Hall–Kier alpha value is -3.02. The summed E-state index contributed by atoms with van der Waals surface area (Å²) < 4.78 is 34.7. The van der Waals surface area contributed by atoms with Gasteiger partial charge in [-0.05, 0) is 47.4 Å².